The van der Waals surface area contributed by atoms with Crippen molar-refractivity contribution in [1.82, 2.24) is 29.9 Å². The van der Waals surface area contributed by atoms with Crippen LogP contribution >= 0.6 is 0 Å². The minimum absolute atomic E-state index is 0.308. The average Bonchev–Trinajstić information content (AvgIpc) is 3.39. The van der Waals surface area contributed by atoms with Crippen molar-refractivity contribution in [1.29, 1.82) is 0 Å². The summed E-state index contributed by atoms with van der Waals surface area (Å²) in [5.74, 6) is 1.36. The molecule has 10 heteroatoms. The molecule has 5 rings (SSSR count). The molecule has 1 aliphatic rings. The molecule has 5 N–H and O–H groups in total. The number of rotatable bonds is 6. The first kappa shape index (κ1) is 21.1. The number of nitrogens with zero attached hydrogens (tertiary/aromatic N) is 6. The fraction of sp³-hybridized carbons (Fsp3) is 0.348. The summed E-state index contributed by atoms with van der Waals surface area (Å²) in [6, 6.07) is 5.77. The first-order chi connectivity index (χ1) is 15.7. The number of hydrogen-bond donors (Lipinski definition) is 3. The minimum atomic E-state index is -0.868. The van der Waals surface area contributed by atoms with Gasteiger partial charge >= 0.3 is 0 Å². The van der Waals surface area contributed by atoms with Crippen LogP contribution in [0.3, 0.4) is 0 Å². The van der Waals surface area contributed by atoms with E-state index in [1.165, 1.54) is 0 Å². The van der Waals surface area contributed by atoms with Gasteiger partial charge in [0.25, 0.3) is 5.89 Å². The van der Waals surface area contributed by atoms with Gasteiger partial charge in [0.1, 0.15) is 5.82 Å². The van der Waals surface area contributed by atoms with Gasteiger partial charge in [0, 0.05) is 24.2 Å². The van der Waals surface area contributed by atoms with Gasteiger partial charge in [0.05, 0.1) is 40.7 Å². The molecule has 0 amide bonds. The van der Waals surface area contributed by atoms with Crippen molar-refractivity contribution in [2.24, 2.45) is 0 Å². The third-order valence-corrected chi connectivity index (χ3v) is 6.05. The number of nitrogens with two attached hydrogens (primary N) is 2. The Labute approximate surface area is 190 Å². The van der Waals surface area contributed by atoms with Gasteiger partial charge in [-0.1, -0.05) is 17.6 Å². The predicted molar refractivity (Wildman–Crippen MR) is 123 cm³/mol. The first-order valence-electron chi connectivity index (χ1n) is 10.8. The average molecular weight is 447 g/mol. The number of aromatic nitrogens is 6. The van der Waals surface area contributed by atoms with Crippen molar-refractivity contribution in [2.75, 3.05) is 11.5 Å². The van der Waals surface area contributed by atoms with E-state index in [1.807, 2.05) is 18.3 Å². The Hall–Kier alpha value is -3.79. The second-order valence-corrected chi connectivity index (χ2v) is 9.23. The number of hydrogen-bond acceptors (Lipinski definition) is 9. The lowest BCUT2D eigenvalue weighted by molar-refractivity contribution is 0.0577. The molecule has 4 aromatic rings. The van der Waals surface area contributed by atoms with E-state index in [0.717, 1.165) is 41.6 Å². The molecular weight excluding hydrogens is 420 g/mol. The molecule has 10 nitrogen and oxygen atoms in total. The quantitative estimate of drug-likeness (QED) is 0.405. The maximum atomic E-state index is 10.0. The summed E-state index contributed by atoms with van der Waals surface area (Å²) >= 11 is 0. The van der Waals surface area contributed by atoms with Crippen LogP contribution in [0.25, 0.3) is 22.7 Å². The van der Waals surface area contributed by atoms with Crippen molar-refractivity contribution in [3.05, 3.63) is 54.4 Å². The van der Waals surface area contributed by atoms with E-state index in [-0.39, 0.29) is 5.41 Å². The Morgan fingerprint density at radius 3 is 2.58 bits per heavy atom. The predicted octanol–water partition coefficient (Wildman–Crippen LogP) is 2.80. The zero-order valence-electron chi connectivity index (χ0n) is 18.6. The molecule has 33 heavy (non-hydrogen) atoms. The highest BCUT2D eigenvalue weighted by molar-refractivity contribution is 5.69. The fourth-order valence-corrected chi connectivity index (χ4v) is 4.14. The highest BCUT2D eigenvalue weighted by atomic mass is 16.5. The van der Waals surface area contributed by atoms with Crippen LogP contribution in [0.5, 0.6) is 0 Å². The molecule has 4 heterocycles. The van der Waals surface area contributed by atoms with Crippen molar-refractivity contribution in [3.63, 3.8) is 0 Å². The van der Waals surface area contributed by atoms with Crippen LogP contribution in [0.2, 0.25) is 0 Å². The number of anilines is 2. The molecular formula is C23H26N8O2. The molecule has 170 valence electrons. The molecule has 0 aromatic carbocycles. The number of pyridine rings is 2. The molecule has 0 saturated heterocycles. The number of aliphatic hydroxyl groups is 1. The maximum absolute atomic E-state index is 10.0. The van der Waals surface area contributed by atoms with Crippen LogP contribution in [0.1, 0.15) is 44.5 Å². The molecule has 0 spiro atoms. The minimum Gasteiger partial charge on any atom is -0.396 e. The third kappa shape index (κ3) is 3.93. The molecule has 4 aromatic heterocycles. The zero-order valence-corrected chi connectivity index (χ0v) is 18.6. The second kappa shape index (κ2) is 7.66. The molecule has 0 bridgehead atoms. The van der Waals surface area contributed by atoms with Gasteiger partial charge < -0.3 is 21.1 Å². The lowest BCUT2D eigenvalue weighted by atomic mass is 9.64. The van der Waals surface area contributed by atoms with Gasteiger partial charge in [-0.3, -0.25) is 9.67 Å². The molecule has 0 unspecified atom stereocenters. The number of nitrogen functional groups attached to an aromatic ring is 2. The molecule has 1 saturated carbocycles. The zero-order chi connectivity index (χ0) is 23.2. The first-order valence-corrected chi connectivity index (χ1v) is 10.8. The Morgan fingerprint density at radius 2 is 1.94 bits per heavy atom. The van der Waals surface area contributed by atoms with E-state index < -0.39 is 5.60 Å². The Kier molecular flexibility index (Phi) is 4.89. The topological polar surface area (TPSA) is 155 Å². The maximum Gasteiger partial charge on any atom is 0.261 e. The van der Waals surface area contributed by atoms with Crippen LogP contribution in [0.4, 0.5) is 11.5 Å². The highest BCUT2D eigenvalue weighted by Gasteiger charge is 2.45. The Morgan fingerprint density at radius 1 is 1.12 bits per heavy atom. The fourth-order valence-electron chi connectivity index (χ4n) is 4.14. The van der Waals surface area contributed by atoms with Gasteiger partial charge in [-0.2, -0.15) is 10.1 Å². The SMILES string of the molecule is CC(C)(O)Cn1cc(-c2nc(C3(c4ccc(-c5cnc(N)c(N)c5)nc4)CCC3)no2)cn1. The molecule has 1 fully saturated rings. The Bertz CT molecular complexity index is 1280. The lowest BCUT2D eigenvalue weighted by Crippen LogP contribution is -2.36. The molecule has 0 atom stereocenters. The van der Waals surface area contributed by atoms with Crippen molar-refractivity contribution < 1.29 is 9.63 Å². The van der Waals surface area contributed by atoms with Gasteiger partial charge in [-0.15, -0.1) is 0 Å². The highest BCUT2D eigenvalue weighted by Crippen LogP contribution is 2.48. The van der Waals surface area contributed by atoms with Gasteiger partial charge in [-0.25, -0.2) is 4.98 Å². The lowest BCUT2D eigenvalue weighted by Gasteiger charge is -2.39. The third-order valence-electron chi connectivity index (χ3n) is 6.05. The normalized spacial score (nSPS) is 15.4. The van der Waals surface area contributed by atoms with E-state index >= 15 is 0 Å². The van der Waals surface area contributed by atoms with Crippen LogP contribution in [-0.2, 0) is 12.0 Å². The monoisotopic (exact) mass is 446 g/mol. The van der Waals surface area contributed by atoms with Crippen LogP contribution in [0.15, 0.2) is 47.5 Å². The Balaban J connectivity index is 1.41. The van der Waals surface area contributed by atoms with Gasteiger partial charge in [0.15, 0.2) is 5.82 Å². The van der Waals surface area contributed by atoms with Crippen LogP contribution in [-0.4, -0.2) is 40.6 Å². The van der Waals surface area contributed by atoms with Crippen molar-refractivity contribution in [2.45, 2.75) is 50.7 Å². The summed E-state index contributed by atoms with van der Waals surface area (Å²) in [6.07, 6.45) is 9.90. The standard InChI is InChI=1S/C23H26N8O2/c1-22(2,32)13-31-12-15(10-28-31)20-29-21(30-33-20)23(6-3-7-23)16-4-5-18(26-11-16)14-8-17(24)19(25)27-9-14/h4-5,8-12,32H,3,6-7,13,24H2,1-2H3,(H2,25,27). The summed E-state index contributed by atoms with van der Waals surface area (Å²) in [4.78, 5) is 13.5. The summed E-state index contributed by atoms with van der Waals surface area (Å²) in [6.45, 7) is 3.83. The van der Waals surface area contributed by atoms with Crippen molar-refractivity contribution >= 4 is 11.5 Å². The van der Waals surface area contributed by atoms with E-state index in [9.17, 15) is 5.11 Å². The molecule has 0 radical (unpaired) electrons. The summed E-state index contributed by atoms with van der Waals surface area (Å²) < 4.78 is 7.25. The van der Waals surface area contributed by atoms with E-state index in [2.05, 4.69) is 20.2 Å². The molecule has 0 aliphatic heterocycles. The summed E-state index contributed by atoms with van der Waals surface area (Å²) in [5.41, 5.74) is 14.2. The molecule has 1 aliphatic carbocycles. The van der Waals surface area contributed by atoms with Crippen molar-refractivity contribution in [3.8, 4) is 22.7 Å². The van der Waals surface area contributed by atoms with E-state index in [1.54, 1.807) is 43.2 Å². The smallest absolute Gasteiger partial charge is 0.261 e. The second-order valence-electron chi connectivity index (χ2n) is 9.23. The summed E-state index contributed by atoms with van der Waals surface area (Å²) in [5, 5.41) is 18.6. The van der Waals surface area contributed by atoms with E-state index in [0.29, 0.717) is 29.8 Å². The largest absolute Gasteiger partial charge is 0.396 e. The van der Waals surface area contributed by atoms with Crippen LogP contribution in [0, 0.1) is 0 Å². The van der Waals surface area contributed by atoms with Crippen LogP contribution < -0.4 is 11.5 Å². The van der Waals surface area contributed by atoms with Gasteiger partial charge in [-0.05, 0) is 44.4 Å². The van der Waals surface area contributed by atoms with E-state index in [4.69, 9.17) is 21.0 Å². The van der Waals surface area contributed by atoms with Gasteiger partial charge in [0.2, 0.25) is 0 Å². The summed E-state index contributed by atoms with van der Waals surface area (Å²) in [7, 11) is 0.